The molecule has 0 unspecified atom stereocenters. The first-order valence-electron chi connectivity index (χ1n) is 6.41. The average Bonchev–Trinajstić information content (AvgIpc) is 2.47. The van der Waals surface area contributed by atoms with E-state index in [0.717, 1.165) is 17.1 Å². The summed E-state index contributed by atoms with van der Waals surface area (Å²) in [6, 6.07) is 16.5. The number of ether oxygens (including phenoxy) is 1. The summed E-state index contributed by atoms with van der Waals surface area (Å²) in [5.74, 6) is 0.877. The average molecular weight is 273 g/mol. The van der Waals surface area contributed by atoms with Crippen LogP contribution in [0, 0.1) is 0 Å². The van der Waals surface area contributed by atoms with Crippen LogP contribution in [0.4, 0.5) is 0 Å². The third-order valence-corrected chi connectivity index (χ3v) is 4.11. The first-order chi connectivity index (χ1) is 9.24. The van der Waals surface area contributed by atoms with Crippen molar-refractivity contribution in [1.29, 1.82) is 0 Å². The molecule has 0 aromatic heterocycles. The highest BCUT2D eigenvalue weighted by Crippen LogP contribution is 2.34. The van der Waals surface area contributed by atoms with Gasteiger partial charge in [0.25, 0.3) is 0 Å². The molecule has 0 aliphatic carbocycles. The van der Waals surface area contributed by atoms with Gasteiger partial charge < -0.3 is 10.5 Å². The van der Waals surface area contributed by atoms with E-state index in [0.29, 0.717) is 0 Å². The van der Waals surface area contributed by atoms with Gasteiger partial charge in [-0.3, -0.25) is 0 Å². The van der Waals surface area contributed by atoms with Gasteiger partial charge in [-0.15, -0.1) is 0 Å². The fourth-order valence-corrected chi connectivity index (χ4v) is 2.95. The quantitative estimate of drug-likeness (QED) is 0.884. The summed E-state index contributed by atoms with van der Waals surface area (Å²) in [6.07, 6.45) is 0.940. The normalized spacial score (nSPS) is 12.2. The van der Waals surface area contributed by atoms with Crippen LogP contribution in [0.15, 0.2) is 58.3 Å². The van der Waals surface area contributed by atoms with Crippen molar-refractivity contribution >= 4 is 11.8 Å². The van der Waals surface area contributed by atoms with Crippen molar-refractivity contribution in [3.63, 3.8) is 0 Å². The summed E-state index contributed by atoms with van der Waals surface area (Å²) in [6.45, 7) is 2.11. The molecule has 0 fully saturated rings. The van der Waals surface area contributed by atoms with Gasteiger partial charge in [-0.1, -0.05) is 43.0 Å². The summed E-state index contributed by atoms with van der Waals surface area (Å²) in [5, 5.41) is 0. The van der Waals surface area contributed by atoms with Crippen LogP contribution >= 0.6 is 11.8 Å². The zero-order valence-corrected chi connectivity index (χ0v) is 12.1. The SMILES string of the molecule is CC[C@H](N)c1ccccc1Sc1cccc(OC)c1. The van der Waals surface area contributed by atoms with Crippen molar-refractivity contribution in [2.24, 2.45) is 5.73 Å². The maximum Gasteiger partial charge on any atom is 0.119 e. The molecule has 0 saturated heterocycles. The Morgan fingerprint density at radius 2 is 1.95 bits per heavy atom. The van der Waals surface area contributed by atoms with Crippen LogP contribution in [0.25, 0.3) is 0 Å². The monoisotopic (exact) mass is 273 g/mol. The molecule has 0 heterocycles. The van der Waals surface area contributed by atoms with E-state index in [-0.39, 0.29) is 6.04 Å². The number of hydrogen-bond donors (Lipinski definition) is 1. The van der Waals surface area contributed by atoms with Crippen LogP contribution in [0.1, 0.15) is 24.9 Å². The maximum absolute atomic E-state index is 6.17. The largest absolute Gasteiger partial charge is 0.497 e. The fraction of sp³-hybridized carbons (Fsp3) is 0.250. The van der Waals surface area contributed by atoms with E-state index in [2.05, 4.69) is 25.1 Å². The van der Waals surface area contributed by atoms with Crippen molar-refractivity contribution in [3.05, 3.63) is 54.1 Å². The van der Waals surface area contributed by atoms with Crippen LogP contribution < -0.4 is 10.5 Å². The first kappa shape index (κ1) is 14.0. The van der Waals surface area contributed by atoms with Crippen molar-refractivity contribution < 1.29 is 4.74 Å². The highest BCUT2D eigenvalue weighted by Gasteiger charge is 2.10. The molecule has 3 heteroatoms. The molecule has 1 atom stereocenters. The molecular formula is C16H19NOS. The van der Waals surface area contributed by atoms with Gasteiger partial charge >= 0.3 is 0 Å². The highest BCUT2D eigenvalue weighted by atomic mass is 32.2. The lowest BCUT2D eigenvalue weighted by Gasteiger charge is -2.14. The lowest BCUT2D eigenvalue weighted by molar-refractivity contribution is 0.413. The van der Waals surface area contributed by atoms with Crippen molar-refractivity contribution in [2.75, 3.05) is 7.11 Å². The lowest BCUT2D eigenvalue weighted by Crippen LogP contribution is -2.09. The summed E-state index contributed by atoms with van der Waals surface area (Å²) in [4.78, 5) is 2.38. The molecule has 0 amide bonds. The standard InChI is InChI=1S/C16H19NOS/c1-3-15(17)14-9-4-5-10-16(14)19-13-8-6-7-12(11-13)18-2/h4-11,15H,3,17H2,1-2H3/t15-/m0/s1. The summed E-state index contributed by atoms with van der Waals surface area (Å²) in [7, 11) is 1.69. The predicted octanol–water partition coefficient (Wildman–Crippen LogP) is 4.26. The Balaban J connectivity index is 2.27. The van der Waals surface area contributed by atoms with Crippen LogP contribution in [0.2, 0.25) is 0 Å². The zero-order chi connectivity index (χ0) is 13.7. The molecular weight excluding hydrogens is 254 g/mol. The molecule has 2 aromatic rings. The van der Waals surface area contributed by atoms with E-state index in [4.69, 9.17) is 10.5 Å². The molecule has 2 rings (SSSR count). The Labute approximate surface area is 119 Å². The molecule has 0 saturated carbocycles. The van der Waals surface area contributed by atoms with E-state index < -0.39 is 0 Å². The van der Waals surface area contributed by atoms with E-state index in [1.165, 1.54) is 10.5 Å². The second-order valence-corrected chi connectivity index (χ2v) is 5.45. The number of rotatable bonds is 5. The number of methoxy groups -OCH3 is 1. The van der Waals surface area contributed by atoms with E-state index in [9.17, 15) is 0 Å². The van der Waals surface area contributed by atoms with E-state index in [1.807, 2.05) is 30.3 Å². The predicted molar refractivity (Wildman–Crippen MR) is 80.8 cm³/mol. The minimum atomic E-state index is 0.0920. The van der Waals surface area contributed by atoms with Crippen LogP contribution in [-0.2, 0) is 0 Å². The Hall–Kier alpha value is -1.45. The summed E-state index contributed by atoms with van der Waals surface area (Å²) < 4.78 is 5.25. The molecule has 19 heavy (non-hydrogen) atoms. The Morgan fingerprint density at radius 3 is 2.68 bits per heavy atom. The summed E-state index contributed by atoms with van der Waals surface area (Å²) in [5.41, 5.74) is 7.37. The van der Waals surface area contributed by atoms with Gasteiger partial charge in [-0.2, -0.15) is 0 Å². The minimum Gasteiger partial charge on any atom is -0.497 e. The first-order valence-corrected chi connectivity index (χ1v) is 7.22. The van der Waals surface area contributed by atoms with Crippen LogP contribution in [-0.4, -0.2) is 7.11 Å². The van der Waals surface area contributed by atoms with Gasteiger partial charge in [-0.05, 0) is 36.2 Å². The molecule has 0 aliphatic heterocycles. The van der Waals surface area contributed by atoms with Crippen molar-refractivity contribution in [1.82, 2.24) is 0 Å². The van der Waals surface area contributed by atoms with Gasteiger partial charge in [0.05, 0.1) is 7.11 Å². The van der Waals surface area contributed by atoms with E-state index >= 15 is 0 Å². The van der Waals surface area contributed by atoms with Gasteiger partial charge in [0, 0.05) is 15.8 Å². The third-order valence-electron chi connectivity index (χ3n) is 3.03. The van der Waals surface area contributed by atoms with Gasteiger partial charge in [0.1, 0.15) is 5.75 Å². The number of nitrogens with two attached hydrogens (primary N) is 1. The number of benzene rings is 2. The Kier molecular flexibility index (Phi) is 4.88. The molecule has 0 spiro atoms. The smallest absolute Gasteiger partial charge is 0.119 e. The molecule has 0 radical (unpaired) electrons. The molecule has 0 bridgehead atoms. The van der Waals surface area contributed by atoms with Crippen molar-refractivity contribution in [3.8, 4) is 5.75 Å². The molecule has 2 N–H and O–H groups in total. The Morgan fingerprint density at radius 1 is 1.16 bits per heavy atom. The fourth-order valence-electron chi connectivity index (χ4n) is 1.89. The van der Waals surface area contributed by atoms with Crippen LogP contribution in [0.5, 0.6) is 5.75 Å². The van der Waals surface area contributed by atoms with Gasteiger partial charge in [0.2, 0.25) is 0 Å². The lowest BCUT2D eigenvalue weighted by atomic mass is 10.1. The summed E-state index contributed by atoms with van der Waals surface area (Å²) >= 11 is 1.73. The third kappa shape index (κ3) is 3.52. The molecule has 0 aliphatic rings. The second-order valence-electron chi connectivity index (χ2n) is 4.33. The number of hydrogen-bond acceptors (Lipinski definition) is 3. The van der Waals surface area contributed by atoms with Gasteiger partial charge in [-0.25, -0.2) is 0 Å². The van der Waals surface area contributed by atoms with Crippen LogP contribution in [0.3, 0.4) is 0 Å². The second kappa shape index (κ2) is 6.64. The molecule has 2 nitrogen and oxygen atoms in total. The Bertz CT molecular complexity index is 542. The highest BCUT2D eigenvalue weighted by molar-refractivity contribution is 7.99. The van der Waals surface area contributed by atoms with E-state index in [1.54, 1.807) is 18.9 Å². The molecule has 2 aromatic carbocycles. The van der Waals surface area contributed by atoms with Crippen molar-refractivity contribution in [2.45, 2.75) is 29.2 Å². The zero-order valence-electron chi connectivity index (χ0n) is 11.3. The topological polar surface area (TPSA) is 35.2 Å². The van der Waals surface area contributed by atoms with Gasteiger partial charge in [0.15, 0.2) is 0 Å². The minimum absolute atomic E-state index is 0.0920. The maximum atomic E-state index is 6.17. The molecule has 100 valence electrons.